The minimum absolute atomic E-state index is 0.451. The van der Waals surface area contributed by atoms with Crippen molar-refractivity contribution in [3.05, 3.63) is 29.3 Å². The molecule has 3 nitrogen and oxygen atoms in total. The summed E-state index contributed by atoms with van der Waals surface area (Å²) in [5.41, 5.74) is 2.24. The van der Waals surface area contributed by atoms with Gasteiger partial charge in [-0.25, -0.2) is 4.98 Å². The summed E-state index contributed by atoms with van der Waals surface area (Å²) in [5, 5.41) is 9.80. The van der Waals surface area contributed by atoms with Crippen molar-refractivity contribution < 1.29 is 4.42 Å². The summed E-state index contributed by atoms with van der Waals surface area (Å²) in [6, 6.07) is 4.04. The smallest absolute Gasteiger partial charge is 0.151 e. The van der Waals surface area contributed by atoms with Crippen LogP contribution in [0, 0.1) is 18.3 Å². The Morgan fingerprint density at radius 2 is 2.31 bits per heavy atom. The van der Waals surface area contributed by atoms with Crippen LogP contribution < -0.4 is 0 Å². The van der Waals surface area contributed by atoms with Crippen molar-refractivity contribution in [3.63, 3.8) is 0 Å². The van der Waals surface area contributed by atoms with Gasteiger partial charge in [-0.05, 0) is 19.4 Å². The Labute approximate surface area is 94.7 Å². The van der Waals surface area contributed by atoms with Crippen molar-refractivity contribution in [1.82, 2.24) is 4.98 Å². The first kappa shape index (κ1) is 10.7. The molecule has 2 aromatic rings. The Morgan fingerprint density at radius 3 is 3.00 bits per heavy atom. The van der Waals surface area contributed by atoms with Gasteiger partial charge in [0, 0.05) is 18.2 Å². The van der Waals surface area contributed by atoms with Crippen molar-refractivity contribution in [2.45, 2.75) is 33.1 Å². The van der Waals surface area contributed by atoms with Gasteiger partial charge in [0.2, 0.25) is 0 Å². The van der Waals surface area contributed by atoms with E-state index in [0.717, 1.165) is 41.6 Å². The van der Waals surface area contributed by atoms with E-state index in [1.165, 1.54) is 0 Å². The van der Waals surface area contributed by atoms with E-state index in [9.17, 15) is 0 Å². The third-order valence-electron chi connectivity index (χ3n) is 2.67. The fraction of sp³-hybridized carbons (Fsp3) is 0.385. The summed E-state index contributed by atoms with van der Waals surface area (Å²) in [6.07, 6.45) is 4.86. The van der Waals surface area contributed by atoms with Crippen LogP contribution in [0.25, 0.3) is 11.0 Å². The normalized spacial score (nSPS) is 10.6. The highest BCUT2D eigenvalue weighted by Crippen LogP contribution is 2.25. The highest BCUT2D eigenvalue weighted by molar-refractivity contribution is 5.84. The molecule has 16 heavy (non-hydrogen) atoms. The first-order chi connectivity index (χ1) is 7.76. The molecule has 0 aliphatic carbocycles. The molecule has 0 fully saturated rings. The van der Waals surface area contributed by atoms with Gasteiger partial charge in [-0.2, -0.15) is 5.26 Å². The highest BCUT2D eigenvalue weighted by Gasteiger charge is 2.10. The number of furan rings is 1. The summed E-state index contributed by atoms with van der Waals surface area (Å²) in [7, 11) is 0. The lowest BCUT2D eigenvalue weighted by molar-refractivity contribution is 0.535. The molecule has 82 valence electrons. The van der Waals surface area contributed by atoms with Crippen LogP contribution in [-0.2, 0) is 6.42 Å². The van der Waals surface area contributed by atoms with Crippen molar-refractivity contribution in [2.24, 2.45) is 0 Å². The van der Waals surface area contributed by atoms with Crippen LogP contribution in [0.1, 0.15) is 36.8 Å². The van der Waals surface area contributed by atoms with Gasteiger partial charge in [-0.1, -0.05) is 13.3 Å². The number of hydrogen-bond donors (Lipinski definition) is 0. The minimum atomic E-state index is 0.451. The molecule has 0 saturated heterocycles. The maximum absolute atomic E-state index is 8.96. The third kappa shape index (κ3) is 1.79. The third-order valence-corrected chi connectivity index (χ3v) is 2.67. The molecule has 3 heteroatoms. The molecule has 0 atom stereocenters. The van der Waals surface area contributed by atoms with E-state index in [1.54, 1.807) is 6.20 Å². The quantitative estimate of drug-likeness (QED) is 0.787. The SMILES string of the molecule is CCCCc1cc2c(C#N)ncc(C)c2o1. The van der Waals surface area contributed by atoms with Crippen LogP contribution >= 0.6 is 0 Å². The van der Waals surface area contributed by atoms with Crippen LogP contribution in [0.2, 0.25) is 0 Å². The number of pyridine rings is 1. The summed E-state index contributed by atoms with van der Waals surface area (Å²) in [4.78, 5) is 4.10. The zero-order chi connectivity index (χ0) is 11.5. The van der Waals surface area contributed by atoms with Crippen LogP contribution in [0.15, 0.2) is 16.7 Å². The average molecular weight is 214 g/mol. The lowest BCUT2D eigenvalue weighted by Crippen LogP contribution is -1.84. The molecule has 0 aliphatic heterocycles. The molecule has 0 radical (unpaired) electrons. The first-order valence-electron chi connectivity index (χ1n) is 5.54. The number of rotatable bonds is 3. The van der Waals surface area contributed by atoms with E-state index in [4.69, 9.17) is 9.68 Å². The molecule has 0 N–H and O–H groups in total. The summed E-state index contributed by atoms with van der Waals surface area (Å²) < 4.78 is 5.75. The van der Waals surface area contributed by atoms with Crippen molar-refractivity contribution in [1.29, 1.82) is 5.26 Å². The maximum Gasteiger partial charge on any atom is 0.151 e. The number of fused-ring (bicyclic) bond motifs is 1. The molecule has 0 saturated carbocycles. The van der Waals surface area contributed by atoms with E-state index in [2.05, 4.69) is 18.0 Å². The van der Waals surface area contributed by atoms with Gasteiger partial charge >= 0.3 is 0 Å². The summed E-state index contributed by atoms with van der Waals surface area (Å²) in [6.45, 7) is 4.10. The van der Waals surface area contributed by atoms with Crippen LogP contribution in [0.3, 0.4) is 0 Å². The number of aryl methyl sites for hydroxylation is 2. The van der Waals surface area contributed by atoms with Crippen LogP contribution in [-0.4, -0.2) is 4.98 Å². The Bertz CT molecular complexity index is 549. The standard InChI is InChI=1S/C13H14N2O/c1-3-4-5-10-6-11-12(7-14)15-8-9(2)13(11)16-10/h6,8H,3-5H2,1-2H3. The molecule has 0 spiro atoms. The molecule has 0 aliphatic rings. The Morgan fingerprint density at radius 1 is 1.50 bits per heavy atom. The Balaban J connectivity index is 2.51. The molecule has 0 amide bonds. The molecule has 2 heterocycles. The van der Waals surface area contributed by atoms with Crippen molar-refractivity contribution >= 4 is 11.0 Å². The van der Waals surface area contributed by atoms with Crippen LogP contribution in [0.4, 0.5) is 0 Å². The van der Waals surface area contributed by atoms with Gasteiger partial charge in [0.1, 0.15) is 17.4 Å². The monoisotopic (exact) mass is 214 g/mol. The average Bonchev–Trinajstić information content (AvgIpc) is 2.72. The molecule has 0 bridgehead atoms. The first-order valence-corrected chi connectivity index (χ1v) is 5.54. The molecule has 0 unspecified atom stereocenters. The number of hydrogen-bond acceptors (Lipinski definition) is 3. The van der Waals surface area contributed by atoms with E-state index < -0.39 is 0 Å². The molecule has 2 rings (SSSR count). The van der Waals surface area contributed by atoms with Gasteiger partial charge in [-0.15, -0.1) is 0 Å². The van der Waals surface area contributed by atoms with Crippen LogP contribution in [0.5, 0.6) is 0 Å². The van der Waals surface area contributed by atoms with E-state index in [1.807, 2.05) is 13.0 Å². The van der Waals surface area contributed by atoms with Crippen molar-refractivity contribution in [3.8, 4) is 6.07 Å². The van der Waals surface area contributed by atoms with E-state index in [-0.39, 0.29) is 0 Å². The molecule has 2 aromatic heterocycles. The fourth-order valence-electron chi connectivity index (χ4n) is 1.76. The number of nitrogens with zero attached hydrogens (tertiary/aromatic N) is 2. The predicted molar refractivity (Wildman–Crippen MR) is 62.1 cm³/mol. The second-order valence-corrected chi connectivity index (χ2v) is 3.96. The zero-order valence-corrected chi connectivity index (χ0v) is 9.58. The lowest BCUT2D eigenvalue weighted by Gasteiger charge is -1.94. The fourth-order valence-corrected chi connectivity index (χ4v) is 1.76. The van der Waals surface area contributed by atoms with E-state index >= 15 is 0 Å². The summed E-state index contributed by atoms with van der Waals surface area (Å²) in [5.74, 6) is 0.949. The molecular weight excluding hydrogens is 200 g/mol. The summed E-state index contributed by atoms with van der Waals surface area (Å²) >= 11 is 0. The molecule has 0 aromatic carbocycles. The van der Waals surface area contributed by atoms with Gasteiger partial charge in [0.25, 0.3) is 0 Å². The van der Waals surface area contributed by atoms with Gasteiger partial charge in [-0.3, -0.25) is 0 Å². The minimum Gasteiger partial charge on any atom is -0.461 e. The van der Waals surface area contributed by atoms with E-state index in [0.29, 0.717) is 5.69 Å². The van der Waals surface area contributed by atoms with Gasteiger partial charge < -0.3 is 4.42 Å². The number of nitriles is 1. The second kappa shape index (κ2) is 4.36. The van der Waals surface area contributed by atoms with Gasteiger partial charge in [0.15, 0.2) is 5.69 Å². The van der Waals surface area contributed by atoms with Crippen molar-refractivity contribution in [2.75, 3.05) is 0 Å². The van der Waals surface area contributed by atoms with Gasteiger partial charge in [0.05, 0.1) is 5.39 Å². The topological polar surface area (TPSA) is 49.8 Å². The largest absolute Gasteiger partial charge is 0.461 e. The Hall–Kier alpha value is -1.82. The zero-order valence-electron chi connectivity index (χ0n) is 9.58. The Kier molecular flexibility index (Phi) is 2.91. The predicted octanol–water partition coefficient (Wildman–Crippen LogP) is 3.35. The number of aromatic nitrogens is 1. The maximum atomic E-state index is 8.96. The molecular formula is C13H14N2O. The highest BCUT2D eigenvalue weighted by atomic mass is 16.3. The number of unbranched alkanes of at least 4 members (excludes halogenated alkanes) is 1. The second-order valence-electron chi connectivity index (χ2n) is 3.96. The lowest BCUT2D eigenvalue weighted by atomic mass is 10.1.